The minimum atomic E-state index is 0.333. The third kappa shape index (κ3) is 0.640. The Morgan fingerprint density at radius 1 is 1.71 bits per heavy atom. The van der Waals surface area contributed by atoms with Gasteiger partial charge in [0.25, 0.3) is 0 Å². The third-order valence-electron chi connectivity index (χ3n) is 1.79. The van der Waals surface area contributed by atoms with Crippen molar-refractivity contribution in [3.8, 4) is 0 Å². The molecule has 2 heteroatoms. The number of rotatable bonds is 1. The summed E-state index contributed by atoms with van der Waals surface area (Å²) in [5.41, 5.74) is 3.52. The first-order chi connectivity index (χ1) is 3.19. The summed E-state index contributed by atoms with van der Waals surface area (Å²) in [5, 5.41) is 2.12. The zero-order valence-electron chi connectivity index (χ0n) is 5.15. The third-order valence-corrected chi connectivity index (χ3v) is 1.79. The van der Waals surface area contributed by atoms with Crippen LogP contribution in [-0.4, -0.2) is 17.7 Å². The van der Waals surface area contributed by atoms with Crippen molar-refractivity contribution in [3.63, 3.8) is 0 Å². The molecule has 2 nitrogen and oxygen atoms in total. The van der Waals surface area contributed by atoms with Crippen LogP contribution in [0.2, 0.25) is 0 Å². The molecular formula is C5H12N2. The number of hydrazine groups is 1. The lowest BCUT2D eigenvalue weighted by Crippen LogP contribution is -2.09. The minimum absolute atomic E-state index is 0.333. The molecule has 0 aliphatic carbocycles. The molecule has 0 aromatic heterocycles. The van der Waals surface area contributed by atoms with E-state index >= 15 is 0 Å². The summed E-state index contributed by atoms with van der Waals surface area (Å²) in [6.45, 7) is 4.36. The Morgan fingerprint density at radius 3 is 2.14 bits per heavy atom. The van der Waals surface area contributed by atoms with E-state index in [0.717, 1.165) is 0 Å². The van der Waals surface area contributed by atoms with Gasteiger partial charge in [-0.3, -0.25) is 0 Å². The van der Waals surface area contributed by atoms with E-state index in [4.69, 9.17) is 0 Å². The van der Waals surface area contributed by atoms with Gasteiger partial charge in [0.05, 0.1) is 5.66 Å². The second kappa shape index (κ2) is 1.20. The molecule has 7 heavy (non-hydrogen) atoms. The van der Waals surface area contributed by atoms with Crippen LogP contribution in [0, 0.1) is 0 Å². The van der Waals surface area contributed by atoms with Gasteiger partial charge in [-0.1, -0.05) is 6.92 Å². The quantitative estimate of drug-likeness (QED) is 0.487. The number of nitrogens with zero attached hydrogens (tertiary/aromatic N) is 1. The lowest BCUT2D eigenvalue weighted by molar-refractivity contribution is 0.481. The van der Waals surface area contributed by atoms with Crippen molar-refractivity contribution >= 4 is 0 Å². The van der Waals surface area contributed by atoms with Gasteiger partial charge >= 0.3 is 0 Å². The Bertz CT molecular complexity index is 78.1. The molecule has 0 aromatic rings. The van der Waals surface area contributed by atoms with E-state index in [9.17, 15) is 0 Å². The fourth-order valence-corrected chi connectivity index (χ4v) is 0.653. The summed E-state index contributed by atoms with van der Waals surface area (Å²) < 4.78 is 0. The van der Waals surface area contributed by atoms with E-state index in [1.165, 1.54) is 6.42 Å². The summed E-state index contributed by atoms with van der Waals surface area (Å²) in [6.07, 6.45) is 1.18. The normalized spacial score (nSPS) is 49.3. The van der Waals surface area contributed by atoms with E-state index in [1.807, 2.05) is 0 Å². The van der Waals surface area contributed by atoms with Gasteiger partial charge in [-0.2, -0.15) is 0 Å². The van der Waals surface area contributed by atoms with Crippen molar-refractivity contribution in [2.24, 2.45) is 0 Å². The van der Waals surface area contributed by atoms with Crippen LogP contribution >= 0.6 is 0 Å². The van der Waals surface area contributed by atoms with Gasteiger partial charge in [0.1, 0.15) is 0 Å². The molecule has 0 aromatic carbocycles. The number of hydrogen-bond donors (Lipinski definition) is 1. The maximum absolute atomic E-state index is 3.19. The van der Waals surface area contributed by atoms with Crippen molar-refractivity contribution in [2.75, 3.05) is 7.05 Å². The highest BCUT2D eigenvalue weighted by Gasteiger charge is 2.41. The lowest BCUT2D eigenvalue weighted by Gasteiger charge is -1.97. The largest absolute Gasteiger partial charge is 0.233 e. The molecule has 0 bridgehead atoms. The van der Waals surface area contributed by atoms with Gasteiger partial charge in [0.2, 0.25) is 0 Å². The molecule has 0 saturated carbocycles. The summed E-state index contributed by atoms with van der Waals surface area (Å²) >= 11 is 0. The van der Waals surface area contributed by atoms with Crippen LogP contribution in [0.3, 0.4) is 0 Å². The molecule has 1 N–H and O–H groups in total. The second-order valence-electron chi connectivity index (χ2n) is 2.30. The van der Waals surface area contributed by atoms with Gasteiger partial charge in [-0.15, -0.1) is 0 Å². The topological polar surface area (TPSA) is 25.0 Å². The zero-order valence-corrected chi connectivity index (χ0v) is 5.15. The van der Waals surface area contributed by atoms with Crippen molar-refractivity contribution in [1.29, 1.82) is 0 Å². The smallest absolute Gasteiger partial charge is 0.0940 e. The zero-order chi connectivity index (χ0) is 5.49. The van der Waals surface area contributed by atoms with E-state index in [-0.39, 0.29) is 0 Å². The molecule has 0 spiro atoms. The van der Waals surface area contributed by atoms with Gasteiger partial charge in [-0.05, 0) is 13.3 Å². The highest BCUT2D eigenvalue weighted by atomic mass is 15.8. The van der Waals surface area contributed by atoms with Crippen molar-refractivity contribution < 1.29 is 0 Å². The molecule has 1 fully saturated rings. The van der Waals surface area contributed by atoms with E-state index in [2.05, 4.69) is 31.3 Å². The molecule has 2 atom stereocenters. The molecule has 1 aliphatic heterocycles. The standard InChI is InChI=1S/C5H12N2/c1-4-5(2)6-7(5)3/h6H,4H2,1-3H3. The van der Waals surface area contributed by atoms with Crippen molar-refractivity contribution in [2.45, 2.75) is 25.9 Å². The summed E-state index contributed by atoms with van der Waals surface area (Å²) in [7, 11) is 2.06. The minimum Gasteiger partial charge on any atom is -0.233 e. The number of nitrogens with one attached hydrogen (secondary N) is 1. The van der Waals surface area contributed by atoms with Crippen LogP contribution < -0.4 is 5.43 Å². The Kier molecular flexibility index (Phi) is 0.869. The molecule has 0 amide bonds. The van der Waals surface area contributed by atoms with Gasteiger partial charge in [0, 0.05) is 7.05 Å². The Balaban J connectivity index is 2.36. The first kappa shape index (κ1) is 5.06. The molecular weight excluding hydrogens is 88.1 g/mol. The van der Waals surface area contributed by atoms with Crippen LogP contribution in [0.5, 0.6) is 0 Å². The lowest BCUT2D eigenvalue weighted by atomic mass is 10.2. The predicted molar refractivity (Wildman–Crippen MR) is 29.6 cm³/mol. The predicted octanol–water partition coefficient (Wildman–Crippen LogP) is 0.563. The highest BCUT2D eigenvalue weighted by molar-refractivity contribution is 4.88. The monoisotopic (exact) mass is 100 g/mol. The fraction of sp³-hybridized carbons (Fsp3) is 1.00. The van der Waals surface area contributed by atoms with Crippen LogP contribution in [-0.2, 0) is 0 Å². The second-order valence-corrected chi connectivity index (χ2v) is 2.30. The summed E-state index contributed by atoms with van der Waals surface area (Å²) in [5.74, 6) is 0. The first-order valence-corrected chi connectivity index (χ1v) is 2.71. The van der Waals surface area contributed by atoms with Crippen molar-refractivity contribution in [1.82, 2.24) is 10.4 Å². The molecule has 1 saturated heterocycles. The van der Waals surface area contributed by atoms with E-state index in [1.54, 1.807) is 0 Å². The SMILES string of the molecule is CCC1(C)NN1C. The van der Waals surface area contributed by atoms with Crippen molar-refractivity contribution in [3.05, 3.63) is 0 Å². The van der Waals surface area contributed by atoms with Crippen LogP contribution in [0.1, 0.15) is 20.3 Å². The molecule has 1 aliphatic rings. The Morgan fingerprint density at radius 2 is 2.14 bits per heavy atom. The maximum atomic E-state index is 3.19. The van der Waals surface area contributed by atoms with E-state index < -0.39 is 0 Å². The Hall–Kier alpha value is -0.0800. The molecule has 42 valence electrons. The summed E-state index contributed by atoms with van der Waals surface area (Å²) in [6, 6.07) is 0. The molecule has 1 rings (SSSR count). The average Bonchev–Trinajstić information content (AvgIpc) is 2.18. The fourth-order valence-electron chi connectivity index (χ4n) is 0.653. The molecule has 0 radical (unpaired) electrons. The molecule has 1 heterocycles. The van der Waals surface area contributed by atoms with Crippen LogP contribution in [0.25, 0.3) is 0 Å². The van der Waals surface area contributed by atoms with Gasteiger partial charge in [-0.25, -0.2) is 10.4 Å². The maximum Gasteiger partial charge on any atom is 0.0940 e. The first-order valence-electron chi connectivity index (χ1n) is 2.71. The van der Waals surface area contributed by atoms with Crippen LogP contribution in [0.4, 0.5) is 0 Å². The molecule has 2 unspecified atom stereocenters. The Labute approximate surface area is 44.5 Å². The summed E-state index contributed by atoms with van der Waals surface area (Å²) in [4.78, 5) is 0. The number of hydrogen-bond acceptors (Lipinski definition) is 2. The van der Waals surface area contributed by atoms with Gasteiger partial charge in [0.15, 0.2) is 0 Å². The average molecular weight is 100 g/mol. The van der Waals surface area contributed by atoms with Crippen LogP contribution in [0.15, 0.2) is 0 Å². The highest BCUT2D eigenvalue weighted by Crippen LogP contribution is 2.23. The van der Waals surface area contributed by atoms with Gasteiger partial charge < -0.3 is 0 Å². The van der Waals surface area contributed by atoms with E-state index in [0.29, 0.717) is 5.66 Å².